The molecule has 1 unspecified atom stereocenters. The number of para-hydroxylation sites is 1. The lowest BCUT2D eigenvalue weighted by Crippen LogP contribution is -2.44. The van der Waals surface area contributed by atoms with Crippen molar-refractivity contribution in [2.75, 3.05) is 10.7 Å². The number of aromatic nitrogens is 1. The van der Waals surface area contributed by atoms with E-state index in [1.54, 1.807) is 4.90 Å². The van der Waals surface area contributed by atoms with E-state index < -0.39 is 6.04 Å². The molecule has 5 rings (SSSR count). The number of halogens is 1. The number of hydrogen-bond donors (Lipinski definition) is 1. The van der Waals surface area contributed by atoms with E-state index in [0.29, 0.717) is 6.54 Å². The minimum atomic E-state index is -0.773. The van der Waals surface area contributed by atoms with Gasteiger partial charge in [0.2, 0.25) is 11.8 Å². The predicted octanol–water partition coefficient (Wildman–Crippen LogP) is 5.92. The maximum atomic E-state index is 14.0. The van der Waals surface area contributed by atoms with E-state index in [4.69, 9.17) is 0 Å². The molecule has 2 amide bonds. The lowest BCUT2D eigenvalue weighted by Gasteiger charge is -2.31. The van der Waals surface area contributed by atoms with Gasteiger partial charge in [0.05, 0.1) is 10.8 Å². The largest absolute Gasteiger partial charge is 0.350 e. The van der Waals surface area contributed by atoms with E-state index in [2.05, 4.69) is 44.6 Å². The number of fused-ring (bicyclic) bond motifs is 3. The summed E-state index contributed by atoms with van der Waals surface area (Å²) in [6, 6.07) is 23.2. The van der Waals surface area contributed by atoms with E-state index in [-0.39, 0.29) is 17.6 Å². The summed E-state index contributed by atoms with van der Waals surface area (Å²) >= 11 is 3.85. The highest BCUT2D eigenvalue weighted by atomic mass is 127. The molecule has 3 aromatic carbocycles. The minimum absolute atomic E-state index is 0.0659. The minimum Gasteiger partial charge on any atom is -0.350 e. The maximum Gasteiger partial charge on any atom is 0.248 e. The fourth-order valence-electron chi connectivity index (χ4n) is 4.79. The average molecular weight is 596 g/mol. The first kappa shape index (κ1) is 23.9. The van der Waals surface area contributed by atoms with E-state index in [9.17, 15) is 9.59 Å². The summed E-state index contributed by atoms with van der Waals surface area (Å²) in [6.45, 7) is 2.44. The van der Waals surface area contributed by atoms with Crippen LogP contribution in [0.3, 0.4) is 0 Å². The molecule has 0 spiro atoms. The van der Waals surface area contributed by atoms with Gasteiger partial charge in [-0.1, -0.05) is 95.0 Å². The standard InChI is InChI=1S/C28H26IN3O2S/c1-18-20(15-29)11-8-14-22(18)32-24(33)17-35-28-25(21-12-6-7-13-23(21)31(28)2)26(32)27(34)30-16-19-9-4-3-5-10-19/h3-14,26H,15-17H2,1-2H3,(H,30,34). The molecule has 0 radical (unpaired) electrons. The molecule has 0 saturated heterocycles. The predicted molar refractivity (Wildman–Crippen MR) is 151 cm³/mol. The van der Waals surface area contributed by atoms with Gasteiger partial charge < -0.3 is 9.88 Å². The number of aryl methyl sites for hydroxylation is 1. The van der Waals surface area contributed by atoms with Gasteiger partial charge in [0.15, 0.2) is 0 Å². The van der Waals surface area contributed by atoms with Crippen LogP contribution in [0.25, 0.3) is 10.9 Å². The number of carbonyl (C=O) groups is 2. The van der Waals surface area contributed by atoms with E-state index >= 15 is 0 Å². The Morgan fingerprint density at radius 2 is 1.80 bits per heavy atom. The summed E-state index contributed by atoms with van der Waals surface area (Å²) in [4.78, 5) is 29.4. The Morgan fingerprint density at radius 1 is 1.06 bits per heavy atom. The molecule has 178 valence electrons. The molecular weight excluding hydrogens is 569 g/mol. The third kappa shape index (κ3) is 4.36. The van der Waals surface area contributed by atoms with Gasteiger partial charge in [-0.05, 0) is 35.7 Å². The van der Waals surface area contributed by atoms with Gasteiger partial charge in [-0.2, -0.15) is 0 Å². The average Bonchev–Trinajstić information content (AvgIpc) is 3.06. The number of hydrogen-bond acceptors (Lipinski definition) is 3. The Kier molecular flexibility index (Phi) is 6.88. The first-order chi connectivity index (χ1) is 17.0. The quantitative estimate of drug-likeness (QED) is 0.230. The maximum absolute atomic E-state index is 14.0. The van der Waals surface area contributed by atoms with Gasteiger partial charge in [0.1, 0.15) is 6.04 Å². The lowest BCUT2D eigenvalue weighted by atomic mass is 9.99. The number of nitrogens with one attached hydrogen (secondary N) is 1. The molecule has 0 fully saturated rings. The molecule has 1 aliphatic heterocycles. The number of carbonyl (C=O) groups excluding carboxylic acids is 2. The van der Waals surface area contributed by atoms with Gasteiger partial charge in [0.25, 0.3) is 0 Å². The Morgan fingerprint density at radius 3 is 2.57 bits per heavy atom. The van der Waals surface area contributed by atoms with Crippen LogP contribution in [-0.2, 0) is 27.6 Å². The molecule has 0 saturated carbocycles. The van der Waals surface area contributed by atoms with Crippen molar-refractivity contribution in [2.24, 2.45) is 7.05 Å². The summed E-state index contributed by atoms with van der Waals surface area (Å²) in [6.07, 6.45) is 0. The van der Waals surface area contributed by atoms with Crippen LogP contribution in [0.4, 0.5) is 5.69 Å². The Bertz CT molecular complexity index is 1420. The zero-order chi connectivity index (χ0) is 24.5. The van der Waals surface area contributed by atoms with Crippen LogP contribution in [0.2, 0.25) is 0 Å². The Balaban J connectivity index is 1.69. The van der Waals surface area contributed by atoms with E-state index in [0.717, 1.165) is 48.3 Å². The SMILES string of the molecule is Cc1c(CI)cccc1N1C(=O)CSc2c(c3ccccc3n2C)C1C(=O)NCc1ccccc1. The van der Waals surface area contributed by atoms with Crippen LogP contribution in [0, 0.1) is 6.92 Å². The molecule has 1 N–H and O–H groups in total. The second-order valence-electron chi connectivity index (χ2n) is 8.65. The number of alkyl halides is 1. The fraction of sp³-hybridized carbons (Fsp3) is 0.214. The molecule has 4 aromatic rings. The van der Waals surface area contributed by atoms with Crippen molar-refractivity contribution in [3.8, 4) is 0 Å². The van der Waals surface area contributed by atoms with Crippen LogP contribution in [-0.4, -0.2) is 22.1 Å². The summed E-state index contributed by atoms with van der Waals surface area (Å²) < 4.78 is 2.94. The summed E-state index contributed by atoms with van der Waals surface area (Å²) in [7, 11) is 2.01. The van der Waals surface area contributed by atoms with Crippen molar-refractivity contribution in [1.82, 2.24) is 9.88 Å². The molecule has 1 atom stereocenters. The highest BCUT2D eigenvalue weighted by molar-refractivity contribution is 14.1. The highest BCUT2D eigenvalue weighted by Gasteiger charge is 2.40. The number of anilines is 1. The summed E-state index contributed by atoms with van der Waals surface area (Å²) in [5.74, 6) is 0.0264. The molecule has 2 heterocycles. The molecule has 0 aliphatic carbocycles. The molecule has 7 heteroatoms. The Hall–Kier alpha value is -2.78. The smallest absolute Gasteiger partial charge is 0.248 e. The first-order valence-electron chi connectivity index (χ1n) is 11.5. The van der Waals surface area contributed by atoms with Crippen molar-refractivity contribution >= 4 is 62.8 Å². The zero-order valence-electron chi connectivity index (χ0n) is 19.6. The summed E-state index contributed by atoms with van der Waals surface area (Å²) in [5.41, 5.74) is 5.95. The van der Waals surface area contributed by atoms with Gasteiger partial charge in [-0.3, -0.25) is 14.5 Å². The van der Waals surface area contributed by atoms with Crippen molar-refractivity contribution < 1.29 is 9.59 Å². The number of rotatable bonds is 5. The van der Waals surface area contributed by atoms with Gasteiger partial charge in [-0.15, -0.1) is 0 Å². The zero-order valence-corrected chi connectivity index (χ0v) is 22.6. The van der Waals surface area contributed by atoms with Gasteiger partial charge >= 0.3 is 0 Å². The van der Waals surface area contributed by atoms with Gasteiger partial charge in [-0.25, -0.2) is 0 Å². The normalized spacial score (nSPS) is 15.7. The topological polar surface area (TPSA) is 54.3 Å². The van der Waals surface area contributed by atoms with E-state index in [1.165, 1.54) is 11.8 Å². The number of amides is 2. The highest BCUT2D eigenvalue weighted by Crippen LogP contribution is 2.44. The molecular formula is C28H26IN3O2S. The van der Waals surface area contributed by atoms with Crippen LogP contribution in [0.1, 0.15) is 28.3 Å². The van der Waals surface area contributed by atoms with Crippen molar-refractivity contribution in [2.45, 2.75) is 29.0 Å². The number of nitrogens with zero attached hydrogens (tertiary/aromatic N) is 2. The van der Waals surface area contributed by atoms with Crippen molar-refractivity contribution in [1.29, 1.82) is 0 Å². The van der Waals surface area contributed by atoms with Crippen molar-refractivity contribution in [3.05, 3.63) is 95.1 Å². The molecule has 35 heavy (non-hydrogen) atoms. The van der Waals surface area contributed by atoms with E-state index in [1.807, 2.05) is 74.6 Å². The monoisotopic (exact) mass is 595 g/mol. The van der Waals surface area contributed by atoms with Crippen molar-refractivity contribution in [3.63, 3.8) is 0 Å². The number of benzene rings is 3. The molecule has 1 aliphatic rings. The fourth-order valence-corrected chi connectivity index (χ4v) is 6.68. The van der Waals surface area contributed by atoms with Crippen LogP contribution in [0.15, 0.2) is 77.8 Å². The third-order valence-corrected chi connectivity index (χ3v) is 8.58. The summed E-state index contributed by atoms with van der Waals surface area (Å²) in [5, 5.41) is 5.09. The van der Waals surface area contributed by atoms with Crippen LogP contribution in [0.5, 0.6) is 0 Å². The lowest BCUT2D eigenvalue weighted by molar-refractivity contribution is -0.125. The Labute approximate surface area is 223 Å². The second kappa shape index (κ2) is 10.1. The first-order valence-corrected chi connectivity index (χ1v) is 14.0. The molecule has 0 bridgehead atoms. The molecule has 5 nitrogen and oxygen atoms in total. The second-order valence-corrected chi connectivity index (χ2v) is 10.4. The third-order valence-electron chi connectivity index (χ3n) is 6.60. The van der Waals surface area contributed by atoms with Crippen LogP contribution < -0.4 is 10.2 Å². The van der Waals surface area contributed by atoms with Crippen LogP contribution >= 0.6 is 34.4 Å². The molecule has 1 aromatic heterocycles. The van der Waals surface area contributed by atoms with Gasteiger partial charge in [0, 0.05) is 40.2 Å². The number of thioether (sulfide) groups is 1.